The predicted molar refractivity (Wildman–Crippen MR) is 85.0 cm³/mol. The molecule has 0 aliphatic heterocycles. The summed E-state index contributed by atoms with van der Waals surface area (Å²) in [5.41, 5.74) is 2.14. The molecule has 0 fully saturated rings. The summed E-state index contributed by atoms with van der Waals surface area (Å²) < 4.78 is 0. The first-order valence-electron chi connectivity index (χ1n) is 7.41. The number of carbonyl (C=O) groups is 3. The second-order valence-corrected chi connectivity index (χ2v) is 5.95. The van der Waals surface area contributed by atoms with E-state index in [4.69, 9.17) is 0 Å². The summed E-state index contributed by atoms with van der Waals surface area (Å²) in [5.74, 6) is -0.422. The third-order valence-corrected chi connectivity index (χ3v) is 3.59. The van der Waals surface area contributed by atoms with Gasteiger partial charge in [0.15, 0.2) is 5.78 Å². The Hall–Kier alpha value is -2.11. The van der Waals surface area contributed by atoms with Crippen LogP contribution in [0.5, 0.6) is 0 Å². The second kappa shape index (κ2) is 7.24. The minimum Gasteiger partial charge on any atom is -0.357 e. The van der Waals surface area contributed by atoms with Crippen molar-refractivity contribution in [2.24, 2.45) is 5.92 Å². The fourth-order valence-corrected chi connectivity index (χ4v) is 2.61. The highest BCUT2D eigenvalue weighted by molar-refractivity contribution is 6.03. The van der Waals surface area contributed by atoms with Crippen LogP contribution in [0.4, 0.5) is 0 Å². The number of H-pyrrole nitrogens is 1. The van der Waals surface area contributed by atoms with Crippen molar-refractivity contribution in [3.63, 3.8) is 0 Å². The van der Waals surface area contributed by atoms with Crippen molar-refractivity contribution >= 4 is 17.6 Å². The van der Waals surface area contributed by atoms with E-state index in [-0.39, 0.29) is 23.5 Å². The number of amides is 2. The van der Waals surface area contributed by atoms with Gasteiger partial charge in [-0.15, -0.1) is 0 Å². The molecule has 0 aliphatic carbocycles. The molecule has 22 heavy (non-hydrogen) atoms. The first-order chi connectivity index (χ1) is 10.2. The summed E-state index contributed by atoms with van der Waals surface area (Å²) in [6.07, 6.45) is 0.545. The van der Waals surface area contributed by atoms with Crippen LogP contribution in [-0.4, -0.2) is 35.7 Å². The summed E-state index contributed by atoms with van der Waals surface area (Å²) in [5, 5.41) is 5.30. The number of carbonyl (C=O) groups excluding carboxylic acids is 3. The van der Waals surface area contributed by atoms with Crippen molar-refractivity contribution in [1.82, 2.24) is 15.6 Å². The highest BCUT2D eigenvalue weighted by atomic mass is 16.2. The van der Waals surface area contributed by atoms with Crippen molar-refractivity contribution in [2.75, 3.05) is 7.05 Å². The van der Waals surface area contributed by atoms with Crippen molar-refractivity contribution < 1.29 is 14.4 Å². The van der Waals surface area contributed by atoms with E-state index < -0.39 is 6.04 Å². The Kier molecular flexibility index (Phi) is 5.91. The number of likely N-dealkylation sites (N-methyl/N-ethyl adjacent to an activating group) is 1. The number of nitrogens with one attached hydrogen (secondary N) is 3. The molecule has 1 rings (SSSR count). The summed E-state index contributed by atoms with van der Waals surface area (Å²) in [7, 11) is 1.54. The van der Waals surface area contributed by atoms with Crippen molar-refractivity contribution in [3.05, 3.63) is 22.5 Å². The van der Waals surface area contributed by atoms with Gasteiger partial charge in [0.2, 0.25) is 5.91 Å². The zero-order valence-electron chi connectivity index (χ0n) is 14.1. The minimum absolute atomic E-state index is 0.0877. The van der Waals surface area contributed by atoms with Crippen LogP contribution in [-0.2, 0) is 4.79 Å². The second-order valence-electron chi connectivity index (χ2n) is 5.95. The Morgan fingerprint density at radius 1 is 1.18 bits per heavy atom. The molecule has 6 heteroatoms. The molecule has 0 aliphatic rings. The van der Waals surface area contributed by atoms with Crippen LogP contribution in [0.15, 0.2) is 0 Å². The third-order valence-electron chi connectivity index (χ3n) is 3.59. The molecular weight excluding hydrogens is 282 g/mol. The Bertz CT molecular complexity index is 588. The fourth-order valence-electron chi connectivity index (χ4n) is 2.61. The van der Waals surface area contributed by atoms with Gasteiger partial charge in [0, 0.05) is 18.3 Å². The maximum absolute atomic E-state index is 12.4. The van der Waals surface area contributed by atoms with Crippen molar-refractivity contribution in [1.29, 1.82) is 0 Å². The minimum atomic E-state index is -0.596. The van der Waals surface area contributed by atoms with E-state index in [1.807, 2.05) is 13.8 Å². The molecule has 1 aromatic heterocycles. The van der Waals surface area contributed by atoms with Gasteiger partial charge in [-0.3, -0.25) is 14.4 Å². The number of aromatic nitrogens is 1. The van der Waals surface area contributed by atoms with E-state index in [2.05, 4.69) is 15.6 Å². The third kappa shape index (κ3) is 3.96. The van der Waals surface area contributed by atoms with Gasteiger partial charge >= 0.3 is 0 Å². The number of rotatable bonds is 6. The van der Waals surface area contributed by atoms with E-state index in [0.717, 1.165) is 0 Å². The van der Waals surface area contributed by atoms with Gasteiger partial charge < -0.3 is 15.6 Å². The van der Waals surface area contributed by atoms with Gasteiger partial charge in [0.05, 0.1) is 0 Å². The van der Waals surface area contributed by atoms with Crippen LogP contribution < -0.4 is 10.6 Å². The lowest BCUT2D eigenvalue weighted by atomic mass is 10.0. The first kappa shape index (κ1) is 17.9. The smallest absolute Gasteiger partial charge is 0.268 e. The molecule has 122 valence electrons. The number of aromatic amines is 1. The van der Waals surface area contributed by atoms with Gasteiger partial charge in [-0.2, -0.15) is 0 Å². The summed E-state index contributed by atoms with van der Waals surface area (Å²) in [6.45, 7) is 8.92. The van der Waals surface area contributed by atoms with Gasteiger partial charge in [0.25, 0.3) is 5.91 Å². The van der Waals surface area contributed by atoms with Gasteiger partial charge in [-0.25, -0.2) is 0 Å². The Labute approximate surface area is 131 Å². The lowest BCUT2D eigenvalue weighted by Crippen LogP contribution is -2.46. The normalized spacial score (nSPS) is 12.1. The molecule has 6 nitrogen and oxygen atoms in total. The average Bonchev–Trinajstić information content (AvgIpc) is 2.71. The van der Waals surface area contributed by atoms with Crippen molar-refractivity contribution in [2.45, 2.75) is 47.1 Å². The van der Waals surface area contributed by atoms with E-state index in [0.29, 0.717) is 28.9 Å². The van der Waals surface area contributed by atoms with E-state index >= 15 is 0 Å². The predicted octanol–water partition coefficient (Wildman–Crippen LogP) is 1.72. The maximum Gasteiger partial charge on any atom is 0.268 e. The van der Waals surface area contributed by atoms with Gasteiger partial charge in [-0.05, 0) is 38.7 Å². The number of ketones is 1. The van der Waals surface area contributed by atoms with E-state index in [1.54, 1.807) is 20.9 Å². The lowest BCUT2D eigenvalue weighted by molar-refractivity contribution is -0.122. The molecule has 0 saturated carbocycles. The Balaban J connectivity index is 3.02. The molecule has 1 heterocycles. The quantitative estimate of drug-likeness (QED) is 0.699. The zero-order chi connectivity index (χ0) is 17.0. The summed E-state index contributed by atoms with van der Waals surface area (Å²) in [4.78, 5) is 38.9. The number of hydrogen-bond acceptors (Lipinski definition) is 3. The molecule has 0 saturated heterocycles. The average molecular weight is 307 g/mol. The number of hydrogen-bond donors (Lipinski definition) is 3. The number of aryl methyl sites for hydroxylation is 1. The molecule has 0 unspecified atom stereocenters. The fraction of sp³-hybridized carbons (Fsp3) is 0.562. The van der Waals surface area contributed by atoms with Crippen molar-refractivity contribution in [3.8, 4) is 0 Å². The summed E-state index contributed by atoms with van der Waals surface area (Å²) in [6, 6.07) is -0.596. The Morgan fingerprint density at radius 2 is 1.77 bits per heavy atom. The van der Waals surface area contributed by atoms with Crippen LogP contribution >= 0.6 is 0 Å². The van der Waals surface area contributed by atoms with Crippen LogP contribution in [0.1, 0.15) is 59.3 Å². The molecule has 3 N–H and O–H groups in total. The molecule has 0 aromatic carbocycles. The molecule has 1 aromatic rings. The standard InChI is InChI=1S/C16H25N3O3/c1-8(2)7-12(15(21)17-6)19-16(22)14-9(3)13(11(5)20)10(4)18-14/h8,12,18H,7H2,1-6H3,(H,17,21)(H,19,22)/t12-/m0/s1. The van der Waals surface area contributed by atoms with E-state index in [1.165, 1.54) is 6.92 Å². The highest BCUT2D eigenvalue weighted by Gasteiger charge is 2.25. The molecule has 2 amide bonds. The lowest BCUT2D eigenvalue weighted by Gasteiger charge is -2.19. The monoisotopic (exact) mass is 307 g/mol. The molecule has 1 atom stereocenters. The van der Waals surface area contributed by atoms with Crippen LogP contribution in [0.25, 0.3) is 0 Å². The maximum atomic E-state index is 12.4. The Morgan fingerprint density at radius 3 is 2.18 bits per heavy atom. The van der Waals surface area contributed by atoms with Gasteiger partial charge in [0.1, 0.15) is 11.7 Å². The van der Waals surface area contributed by atoms with Crippen LogP contribution in [0.2, 0.25) is 0 Å². The number of Topliss-reactive ketones (excluding diaryl/α,β-unsaturated/α-hetero) is 1. The first-order valence-corrected chi connectivity index (χ1v) is 7.41. The zero-order valence-corrected chi connectivity index (χ0v) is 14.1. The van der Waals surface area contributed by atoms with E-state index in [9.17, 15) is 14.4 Å². The van der Waals surface area contributed by atoms with Gasteiger partial charge in [-0.1, -0.05) is 13.8 Å². The summed E-state index contributed by atoms with van der Waals surface area (Å²) >= 11 is 0. The topological polar surface area (TPSA) is 91.1 Å². The SMILES string of the molecule is CNC(=O)[C@H](CC(C)C)NC(=O)c1[nH]c(C)c(C(C)=O)c1C. The highest BCUT2D eigenvalue weighted by Crippen LogP contribution is 2.18. The molecule has 0 bridgehead atoms. The van der Waals surface area contributed by atoms with Crippen LogP contribution in [0, 0.1) is 19.8 Å². The van der Waals surface area contributed by atoms with Crippen LogP contribution in [0.3, 0.4) is 0 Å². The molecule has 0 spiro atoms. The largest absolute Gasteiger partial charge is 0.357 e. The molecular formula is C16H25N3O3. The molecule has 0 radical (unpaired) electrons.